The molecule has 2 N–H and O–H groups in total. The van der Waals surface area contributed by atoms with Crippen LogP contribution in [0.4, 0.5) is 14.6 Å². The van der Waals surface area contributed by atoms with Crippen LogP contribution in [0.5, 0.6) is 5.75 Å². The lowest BCUT2D eigenvalue weighted by molar-refractivity contribution is 0.0696. The van der Waals surface area contributed by atoms with Gasteiger partial charge in [-0.15, -0.1) is 0 Å². The SMILES string of the molecule is O=C(O)c1ccc(C2(NC(=O)c3cc(F)cnc3N3CC(Oc4cccc(F)c4)C3)CC2)cc1. The molecule has 3 aromatic rings. The number of amides is 1. The molecule has 1 aliphatic carbocycles. The van der Waals surface area contributed by atoms with Gasteiger partial charge in [-0.2, -0.15) is 0 Å². The van der Waals surface area contributed by atoms with E-state index in [0.29, 0.717) is 37.5 Å². The lowest BCUT2D eigenvalue weighted by Gasteiger charge is -2.40. The Morgan fingerprint density at radius 1 is 1.06 bits per heavy atom. The summed E-state index contributed by atoms with van der Waals surface area (Å²) in [5.41, 5.74) is 0.451. The topological polar surface area (TPSA) is 91.8 Å². The molecule has 174 valence electrons. The monoisotopic (exact) mass is 465 g/mol. The van der Waals surface area contributed by atoms with Crippen molar-refractivity contribution in [3.8, 4) is 5.75 Å². The first-order chi connectivity index (χ1) is 16.3. The van der Waals surface area contributed by atoms with Crippen molar-refractivity contribution in [1.29, 1.82) is 0 Å². The Hall–Kier alpha value is -4.01. The Morgan fingerprint density at radius 2 is 1.79 bits per heavy atom. The van der Waals surface area contributed by atoms with E-state index in [9.17, 15) is 18.4 Å². The number of pyridine rings is 1. The van der Waals surface area contributed by atoms with Gasteiger partial charge in [-0.1, -0.05) is 18.2 Å². The van der Waals surface area contributed by atoms with Crippen molar-refractivity contribution in [3.63, 3.8) is 0 Å². The second kappa shape index (κ2) is 8.40. The molecule has 1 saturated carbocycles. The van der Waals surface area contributed by atoms with Crippen molar-refractivity contribution in [2.45, 2.75) is 24.5 Å². The summed E-state index contributed by atoms with van der Waals surface area (Å²) in [4.78, 5) is 30.2. The van der Waals surface area contributed by atoms with Crippen LogP contribution >= 0.6 is 0 Å². The minimum absolute atomic E-state index is 0.109. The molecule has 0 spiro atoms. The molecule has 5 rings (SSSR count). The summed E-state index contributed by atoms with van der Waals surface area (Å²) in [5.74, 6) is -1.74. The molecule has 34 heavy (non-hydrogen) atoms. The van der Waals surface area contributed by atoms with Gasteiger partial charge in [-0.05, 0) is 48.7 Å². The number of halogens is 2. The zero-order chi connectivity index (χ0) is 23.9. The number of carbonyl (C=O) groups is 2. The molecular weight excluding hydrogens is 444 g/mol. The fourth-order valence-corrected chi connectivity index (χ4v) is 4.10. The number of hydrogen-bond acceptors (Lipinski definition) is 5. The molecule has 0 atom stereocenters. The van der Waals surface area contributed by atoms with Gasteiger partial charge in [0.15, 0.2) is 0 Å². The van der Waals surface area contributed by atoms with Crippen molar-refractivity contribution in [2.24, 2.45) is 0 Å². The minimum atomic E-state index is -1.02. The van der Waals surface area contributed by atoms with Crippen molar-refractivity contribution in [1.82, 2.24) is 10.3 Å². The molecule has 9 heteroatoms. The summed E-state index contributed by atoms with van der Waals surface area (Å²) in [7, 11) is 0. The van der Waals surface area contributed by atoms with E-state index in [1.807, 2.05) is 0 Å². The van der Waals surface area contributed by atoms with E-state index in [4.69, 9.17) is 9.84 Å². The minimum Gasteiger partial charge on any atom is -0.487 e. The van der Waals surface area contributed by atoms with Gasteiger partial charge in [0.25, 0.3) is 5.91 Å². The molecule has 1 amide bonds. The second-order valence-electron chi connectivity index (χ2n) is 8.55. The fourth-order valence-electron chi connectivity index (χ4n) is 4.10. The third-order valence-electron chi connectivity index (χ3n) is 6.11. The third-order valence-corrected chi connectivity index (χ3v) is 6.11. The number of rotatable bonds is 7. The second-order valence-corrected chi connectivity index (χ2v) is 8.55. The Balaban J connectivity index is 1.29. The maximum absolute atomic E-state index is 14.0. The number of ether oxygens (including phenoxy) is 1. The van der Waals surface area contributed by atoms with Crippen LogP contribution in [0.2, 0.25) is 0 Å². The van der Waals surface area contributed by atoms with Gasteiger partial charge in [-0.25, -0.2) is 18.6 Å². The van der Waals surface area contributed by atoms with E-state index in [0.717, 1.165) is 17.8 Å². The number of carboxylic acid groups (broad SMARTS) is 1. The number of benzene rings is 2. The molecule has 1 aromatic heterocycles. The average molecular weight is 465 g/mol. The first-order valence-corrected chi connectivity index (χ1v) is 10.8. The Kier molecular flexibility index (Phi) is 5.39. The standard InChI is InChI=1S/C25H21F2N3O4/c26-17-2-1-3-19(10-17)34-20-13-30(14-20)22-21(11-18(27)12-28-22)23(31)29-25(8-9-25)16-6-4-15(5-7-16)24(32)33/h1-7,10-12,20H,8-9,13-14H2,(H,29,31)(H,32,33). The lowest BCUT2D eigenvalue weighted by atomic mass is 10.0. The molecule has 2 fully saturated rings. The number of carbonyl (C=O) groups excluding carboxylic acids is 1. The zero-order valence-corrected chi connectivity index (χ0v) is 18.0. The van der Waals surface area contributed by atoms with Crippen molar-refractivity contribution < 1.29 is 28.2 Å². The lowest BCUT2D eigenvalue weighted by Crippen LogP contribution is -2.55. The van der Waals surface area contributed by atoms with Crippen LogP contribution in [0, 0.1) is 11.6 Å². The van der Waals surface area contributed by atoms with Crippen molar-refractivity contribution in [2.75, 3.05) is 18.0 Å². The highest BCUT2D eigenvalue weighted by molar-refractivity contribution is 5.99. The highest BCUT2D eigenvalue weighted by atomic mass is 19.1. The highest BCUT2D eigenvalue weighted by Gasteiger charge is 2.46. The predicted molar refractivity (Wildman–Crippen MR) is 119 cm³/mol. The number of nitrogens with one attached hydrogen (secondary N) is 1. The molecule has 0 unspecified atom stereocenters. The van der Waals surface area contributed by atoms with Gasteiger partial charge in [-0.3, -0.25) is 4.79 Å². The number of aromatic carboxylic acids is 1. The Morgan fingerprint density at radius 3 is 2.44 bits per heavy atom. The van der Waals surface area contributed by atoms with E-state index in [1.165, 1.54) is 24.3 Å². The van der Waals surface area contributed by atoms with Crippen LogP contribution in [0.3, 0.4) is 0 Å². The highest BCUT2D eigenvalue weighted by Crippen LogP contribution is 2.46. The van der Waals surface area contributed by atoms with Gasteiger partial charge in [0.1, 0.15) is 29.3 Å². The van der Waals surface area contributed by atoms with Crippen molar-refractivity contribution >= 4 is 17.7 Å². The third kappa shape index (κ3) is 4.28. The van der Waals surface area contributed by atoms with Gasteiger partial charge in [0.05, 0.1) is 36.0 Å². The smallest absolute Gasteiger partial charge is 0.335 e. The molecule has 0 radical (unpaired) electrons. The number of nitrogens with zero attached hydrogens (tertiary/aromatic N) is 2. The van der Waals surface area contributed by atoms with Gasteiger partial charge in [0, 0.05) is 6.07 Å². The van der Waals surface area contributed by atoms with E-state index < -0.39 is 23.2 Å². The summed E-state index contributed by atoms with van der Waals surface area (Å²) in [6.07, 6.45) is 2.23. The van der Waals surface area contributed by atoms with Crippen LogP contribution in [0.15, 0.2) is 60.8 Å². The summed E-state index contributed by atoms with van der Waals surface area (Å²) in [5, 5.41) is 12.1. The van der Waals surface area contributed by atoms with Gasteiger partial charge in [0.2, 0.25) is 0 Å². The van der Waals surface area contributed by atoms with Crippen LogP contribution < -0.4 is 15.0 Å². The zero-order valence-electron chi connectivity index (χ0n) is 18.0. The first-order valence-electron chi connectivity index (χ1n) is 10.8. The molecule has 2 aliphatic rings. The number of carboxylic acids is 1. The predicted octanol–water partition coefficient (Wildman–Crippen LogP) is 3.74. The van der Waals surface area contributed by atoms with Crippen LogP contribution in [0.25, 0.3) is 0 Å². The molecule has 2 aromatic carbocycles. The number of anilines is 1. The molecule has 7 nitrogen and oxygen atoms in total. The summed E-state index contributed by atoms with van der Waals surface area (Å²) in [6.45, 7) is 0.828. The maximum Gasteiger partial charge on any atom is 0.335 e. The average Bonchev–Trinajstić information content (AvgIpc) is 3.57. The van der Waals surface area contributed by atoms with E-state index in [-0.39, 0.29) is 23.0 Å². The van der Waals surface area contributed by atoms with E-state index >= 15 is 0 Å². The molecule has 2 heterocycles. The number of aromatic nitrogens is 1. The fraction of sp³-hybridized carbons (Fsp3) is 0.240. The summed E-state index contributed by atoms with van der Waals surface area (Å²) < 4.78 is 33.1. The summed E-state index contributed by atoms with van der Waals surface area (Å²) >= 11 is 0. The summed E-state index contributed by atoms with van der Waals surface area (Å²) in [6, 6.07) is 13.4. The molecular formula is C25H21F2N3O4. The molecule has 0 bridgehead atoms. The van der Waals surface area contributed by atoms with Crippen LogP contribution in [-0.2, 0) is 5.54 Å². The van der Waals surface area contributed by atoms with E-state index in [2.05, 4.69) is 10.3 Å². The van der Waals surface area contributed by atoms with Gasteiger partial charge < -0.3 is 20.1 Å². The Bertz CT molecular complexity index is 1260. The maximum atomic E-state index is 14.0. The van der Waals surface area contributed by atoms with Crippen molar-refractivity contribution in [3.05, 3.63) is 89.1 Å². The quantitative estimate of drug-likeness (QED) is 0.552. The van der Waals surface area contributed by atoms with Crippen LogP contribution in [-0.4, -0.2) is 41.2 Å². The largest absolute Gasteiger partial charge is 0.487 e. The van der Waals surface area contributed by atoms with E-state index in [1.54, 1.807) is 29.2 Å². The first kappa shape index (κ1) is 21.8. The normalized spacial score (nSPS) is 16.5. The molecule has 1 aliphatic heterocycles. The Labute approximate surface area is 194 Å². The number of hydrogen-bond donors (Lipinski definition) is 2. The molecule has 1 saturated heterocycles. The van der Waals surface area contributed by atoms with Crippen LogP contribution in [0.1, 0.15) is 39.1 Å². The van der Waals surface area contributed by atoms with Gasteiger partial charge >= 0.3 is 5.97 Å².